The highest BCUT2D eigenvalue weighted by molar-refractivity contribution is 5.75. The standard InChI is InChI=1S/C8H17N3O/c1-11(7-4-5-7)6-2-3-8(12)10-9/h7H,2-6,9H2,1H3,(H,10,12). The molecule has 0 heterocycles. The summed E-state index contributed by atoms with van der Waals surface area (Å²) in [6.07, 6.45) is 4.07. The van der Waals surface area contributed by atoms with Crippen molar-refractivity contribution in [3.63, 3.8) is 0 Å². The van der Waals surface area contributed by atoms with Gasteiger partial charge in [-0.05, 0) is 32.9 Å². The van der Waals surface area contributed by atoms with Gasteiger partial charge in [0, 0.05) is 12.5 Å². The van der Waals surface area contributed by atoms with E-state index in [1.54, 1.807) is 0 Å². The average molecular weight is 171 g/mol. The van der Waals surface area contributed by atoms with E-state index >= 15 is 0 Å². The Kier molecular flexibility index (Phi) is 3.49. The molecule has 0 aromatic rings. The number of hydrogen-bond donors (Lipinski definition) is 2. The number of carbonyl (C=O) groups is 1. The highest BCUT2D eigenvalue weighted by atomic mass is 16.2. The summed E-state index contributed by atoms with van der Waals surface area (Å²) < 4.78 is 0. The molecule has 0 aliphatic heterocycles. The second kappa shape index (κ2) is 4.42. The Balaban J connectivity index is 1.97. The Morgan fingerprint density at radius 3 is 2.83 bits per heavy atom. The van der Waals surface area contributed by atoms with Gasteiger partial charge in [-0.2, -0.15) is 0 Å². The smallest absolute Gasteiger partial charge is 0.233 e. The van der Waals surface area contributed by atoms with E-state index in [9.17, 15) is 4.79 Å². The fourth-order valence-electron chi connectivity index (χ4n) is 1.26. The predicted molar refractivity (Wildman–Crippen MR) is 47.2 cm³/mol. The Labute approximate surface area is 73.1 Å². The van der Waals surface area contributed by atoms with Gasteiger partial charge in [0.25, 0.3) is 0 Å². The molecule has 1 rings (SSSR count). The molecule has 1 aliphatic carbocycles. The Morgan fingerprint density at radius 2 is 2.33 bits per heavy atom. The van der Waals surface area contributed by atoms with Gasteiger partial charge in [-0.1, -0.05) is 0 Å². The minimum atomic E-state index is -0.0702. The summed E-state index contributed by atoms with van der Waals surface area (Å²) >= 11 is 0. The van der Waals surface area contributed by atoms with Crippen LogP contribution in [0.1, 0.15) is 25.7 Å². The van der Waals surface area contributed by atoms with E-state index in [0.717, 1.165) is 19.0 Å². The van der Waals surface area contributed by atoms with Gasteiger partial charge >= 0.3 is 0 Å². The van der Waals surface area contributed by atoms with Gasteiger partial charge in [0.05, 0.1) is 0 Å². The molecule has 4 nitrogen and oxygen atoms in total. The molecule has 0 unspecified atom stereocenters. The van der Waals surface area contributed by atoms with Gasteiger partial charge in [-0.3, -0.25) is 10.2 Å². The van der Waals surface area contributed by atoms with Crippen LogP contribution in [0, 0.1) is 0 Å². The van der Waals surface area contributed by atoms with Crippen molar-refractivity contribution in [2.24, 2.45) is 5.84 Å². The van der Waals surface area contributed by atoms with Gasteiger partial charge in [-0.25, -0.2) is 5.84 Å². The van der Waals surface area contributed by atoms with Crippen molar-refractivity contribution in [2.45, 2.75) is 31.7 Å². The largest absolute Gasteiger partial charge is 0.303 e. The second-order valence-electron chi connectivity index (χ2n) is 3.38. The maximum absolute atomic E-state index is 10.7. The molecular formula is C8H17N3O. The van der Waals surface area contributed by atoms with Crippen LogP contribution in [0.15, 0.2) is 0 Å². The van der Waals surface area contributed by atoms with E-state index in [4.69, 9.17) is 5.84 Å². The van der Waals surface area contributed by atoms with Crippen molar-refractivity contribution in [3.05, 3.63) is 0 Å². The molecule has 0 atom stereocenters. The third-order valence-electron chi connectivity index (χ3n) is 2.25. The zero-order valence-electron chi connectivity index (χ0n) is 7.55. The predicted octanol–water partition coefficient (Wildman–Crippen LogP) is -0.149. The number of carbonyl (C=O) groups excluding carboxylic acids is 1. The highest BCUT2D eigenvalue weighted by Crippen LogP contribution is 2.25. The van der Waals surface area contributed by atoms with Crippen LogP contribution in [-0.4, -0.2) is 30.4 Å². The minimum absolute atomic E-state index is 0.0702. The van der Waals surface area contributed by atoms with Crippen molar-refractivity contribution in [1.29, 1.82) is 0 Å². The molecule has 70 valence electrons. The zero-order chi connectivity index (χ0) is 8.97. The lowest BCUT2D eigenvalue weighted by Crippen LogP contribution is -2.31. The Hall–Kier alpha value is -0.610. The molecule has 4 heteroatoms. The zero-order valence-corrected chi connectivity index (χ0v) is 7.55. The van der Waals surface area contributed by atoms with Gasteiger partial charge in [-0.15, -0.1) is 0 Å². The second-order valence-corrected chi connectivity index (χ2v) is 3.38. The molecule has 0 radical (unpaired) electrons. The molecule has 1 aliphatic rings. The van der Waals surface area contributed by atoms with E-state index in [1.165, 1.54) is 12.8 Å². The number of hydrogen-bond acceptors (Lipinski definition) is 3. The first-order valence-corrected chi connectivity index (χ1v) is 4.43. The van der Waals surface area contributed by atoms with Gasteiger partial charge in [0.1, 0.15) is 0 Å². The quantitative estimate of drug-likeness (QED) is 0.343. The summed E-state index contributed by atoms with van der Waals surface area (Å²) in [4.78, 5) is 13.0. The first-order chi connectivity index (χ1) is 5.74. The topological polar surface area (TPSA) is 58.4 Å². The molecule has 0 aromatic heterocycles. The number of nitrogens with two attached hydrogens (primary N) is 1. The Morgan fingerprint density at radius 1 is 1.67 bits per heavy atom. The van der Waals surface area contributed by atoms with Crippen LogP contribution < -0.4 is 11.3 Å². The fraction of sp³-hybridized carbons (Fsp3) is 0.875. The maximum atomic E-state index is 10.7. The van der Waals surface area contributed by atoms with Crippen LogP contribution in [0.3, 0.4) is 0 Å². The maximum Gasteiger partial charge on any atom is 0.233 e. The lowest BCUT2D eigenvalue weighted by atomic mass is 10.3. The summed E-state index contributed by atoms with van der Waals surface area (Å²) in [5.41, 5.74) is 2.13. The average Bonchev–Trinajstić information content (AvgIpc) is 2.86. The van der Waals surface area contributed by atoms with Crippen molar-refractivity contribution < 1.29 is 4.79 Å². The third-order valence-corrected chi connectivity index (χ3v) is 2.25. The normalized spacial score (nSPS) is 16.6. The van der Waals surface area contributed by atoms with Gasteiger partial charge < -0.3 is 4.90 Å². The lowest BCUT2D eigenvalue weighted by molar-refractivity contribution is -0.121. The third kappa shape index (κ3) is 3.19. The fourth-order valence-corrected chi connectivity index (χ4v) is 1.26. The van der Waals surface area contributed by atoms with Crippen molar-refractivity contribution in [3.8, 4) is 0 Å². The van der Waals surface area contributed by atoms with Crippen LogP contribution in [-0.2, 0) is 4.79 Å². The molecule has 1 fully saturated rings. The number of rotatable bonds is 5. The van der Waals surface area contributed by atoms with Crippen molar-refractivity contribution >= 4 is 5.91 Å². The molecule has 0 bridgehead atoms. The SMILES string of the molecule is CN(CCCC(=O)NN)C1CC1. The summed E-state index contributed by atoms with van der Waals surface area (Å²) in [6, 6.07) is 0.783. The van der Waals surface area contributed by atoms with E-state index in [2.05, 4.69) is 17.4 Å². The minimum Gasteiger partial charge on any atom is -0.303 e. The van der Waals surface area contributed by atoms with Crippen LogP contribution >= 0.6 is 0 Å². The molecule has 1 saturated carbocycles. The lowest BCUT2D eigenvalue weighted by Gasteiger charge is -2.14. The van der Waals surface area contributed by atoms with E-state index < -0.39 is 0 Å². The van der Waals surface area contributed by atoms with Gasteiger partial charge in [0.2, 0.25) is 5.91 Å². The van der Waals surface area contributed by atoms with Crippen LogP contribution in [0.5, 0.6) is 0 Å². The number of hydrazine groups is 1. The summed E-state index contributed by atoms with van der Waals surface area (Å²) in [7, 11) is 2.11. The molecule has 3 N–H and O–H groups in total. The van der Waals surface area contributed by atoms with Crippen LogP contribution in [0.25, 0.3) is 0 Å². The number of nitrogens with one attached hydrogen (secondary N) is 1. The highest BCUT2D eigenvalue weighted by Gasteiger charge is 2.25. The first-order valence-electron chi connectivity index (χ1n) is 4.43. The molecular weight excluding hydrogens is 154 g/mol. The van der Waals surface area contributed by atoms with Crippen molar-refractivity contribution in [1.82, 2.24) is 10.3 Å². The van der Waals surface area contributed by atoms with Crippen LogP contribution in [0.4, 0.5) is 0 Å². The number of amides is 1. The number of nitrogens with zero attached hydrogens (tertiary/aromatic N) is 1. The molecule has 12 heavy (non-hydrogen) atoms. The summed E-state index contributed by atoms with van der Waals surface area (Å²) in [5, 5.41) is 0. The van der Waals surface area contributed by atoms with Crippen molar-refractivity contribution in [2.75, 3.05) is 13.6 Å². The van der Waals surface area contributed by atoms with Crippen LogP contribution in [0.2, 0.25) is 0 Å². The summed E-state index contributed by atoms with van der Waals surface area (Å²) in [5.74, 6) is 4.88. The molecule has 0 aromatic carbocycles. The van der Waals surface area contributed by atoms with E-state index in [-0.39, 0.29) is 5.91 Å². The van der Waals surface area contributed by atoms with Gasteiger partial charge in [0.15, 0.2) is 0 Å². The summed E-state index contributed by atoms with van der Waals surface area (Å²) in [6.45, 7) is 0.998. The molecule has 1 amide bonds. The first kappa shape index (κ1) is 9.48. The Bertz CT molecular complexity index is 156. The van der Waals surface area contributed by atoms with E-state index in [0.29, 0.717) is 6.42 Å². The molecule has 0 saturated heterocycles. The monoisotopic (exact) mass is 171 g/mol. The van der Waals surface area contributed by atoms with E-state index in [1.807, 2.05) is 0 Å². The molecule has 0 spiro atoms.